The normalized spacial score (nSPS) is 12.1. The van der Waals surface area contributed by atoms with E-state index in [1.165, 1.54) is 10.1 Å². The van der Waals surface area contributed by atoms with Crippen molar-refractivity contribution in [2.45, 2.75) is 0 Å². The van der Waals surface area contributed by atoms with Gasteiger partial charge in [-0.1, -0.05) is 146 Å². The molecule has 7 heteroatoms. The molecule has 0 saturated heterocycles. The summed E-state index contributed by atoms with van der Waals surface area (Å²) in [6.07, 6.45) is 1.89. The number of para-hydroxylation sites is 1. The molecule has 10 aromatic carbocycles. The fraction of sp³-hybridized carbons (Fsp3) is 0. The van der Waals surface area contributed by atoms with Crippen LogP contribution in [0.2, 0.25) is 0 Å². The van der Waals surface area contributed by atoms with Crippen molar-refractivity contribution in [1.82, 2.24) is 14.1 Å². The third kappa shape index (κ3) is 4.69. The highest BCUT2D eigenvalue weighted by molar-refractivity contribution is 7.26. The van der Waals surface area contributed by atoms with Crippen molar-refractivity contribution in [3.05, 3.63) is 205 Å². The average molecular weight is 882 g/mol. The summed E-state index contributed by atoms with van der Waals surface area (Å²) in [6, 6.07) is 65.8. The van der Waals surface area contributed by atoms with Gasteiger partial charge < -0.3 is 13.6 Å². The maximum Gasteiger partial charge on any atom is 0.220 e. The van der Waals surface area contributed by atoms with E-state index in [-0.39, 0.29) is 0 Å². The lowest BCUT2D eigenvalue weighted by Gasteiger charge is -2.25. The van der Waals surface area contributed by atoms with E-state index < -0.39 is 0 Å². The largest absolute Gasteiger partial charge is 0.456 e. The molecule has 0 radical (unpaired) electrons. The van der Waals surface area contributed by atoms with Crippen LogP contribution >= 0.6 is 11.3 Å². The Kier molecular flexibility index (Phi) is 7.42. The molecule has 0 bridgehead atoms. The van der Waals surface area contributed by atoms with E-state index in [2.05, 4.69) is 141 Å². The summed E-state index contributed by atoms with van der Waals surface area (Å²) in [5.41, 5.74) is 11.6. The van der Waals surface area contributed by atoms with Gasteiger partial charge in [0, 0.05) is 70.5 Å². The van der Waals surface area contributed by atoms with E-state index in [1.807, 2.05) is 66.9 Å². The smallest absolute Gasteiger partial charge is 0.220 e. The Morgan fingerprint density at radius 2 is 1.15 bits per heavy atom. The molecule has 15 aromatic rings. The highest BCUT2D eigenvalue weighted by Crippen LogP contribution is 2.55. The Balaban J connectivity index is 1.25. The number of nitriles is 1. The standard InChI is InChI=1S/C61H31N5OS/c1-63-57-50(34-15-4-2-5-16-34)43(33-62)58(51(35-17-6-3-7-18-35)60(57)65-44-24-14-23-38-36-19-8-9-21-39(36)56-55(52(38)44)46(65)31-32-64-56)66-45-29-30-48-54(41-22-10-12-25-47(41)67-48)53(45)42-28-27-40-37-20-11-13-26-49(37)68-61(40)59(42)66/h2-32H. The van der Waals surface area contributed by atoms with Gasteiger partial charge in [0.2, 0.25) is 5.69 Å². The Hall–Kier alpha value is -9.27. The maximum absolute atomic E-state index is 12.1. The summed E-state index contributed by atoms with van der Waals surface area (Å²) in [6.45, 7) is 9.33. The van der Waals surface area contributed by atoms with Gasteiger partial charge in [0.05, 0.1) is 55.8 Å². The van der Waals surface area contributed by atoms with Gasteiger partial charge in [-0.3, -0.25) is 4.98 Å². The van der Waals surface area contributed by atoms with Crippen LogP contribution in [0, 0.1) is 17.9 Å². The van der Waals surface area contributed by atoms with Crippen LogP contribution < -0.4 is 0 Å². The number of hydrogen-bond donors (Lipinski definition) is 0. The number of pyridine rings is 1. The van der Waals surface area contributed by atoms with Crippen LogP contribution in [0.1, 0.15) is 5.56 Å². The van der Waals surface area contributed by atoms with Crippen molar-refractivity contribution in [2.75, 3.05) is 0 Å². The molecule has 312 valence electrons. The van der Waals surface area contributed by atoms with Gasteiger partial charge in [-0.15, -0.1) is 11.3 Å². The van der Waals surface area contributed by atoms with E-state index in [4.69, 9.17) is 9.40 Å². The van der Waals surface area contributed by atoms with Crippen LogP contribution in [0.25, 0.3) is 146 Å². The zero-order valence-corrected chi connectivity index (χ0v) is 36.8. The number of rotatable bonds is 4. The first-order chi connectivity index (χ1) is 33.7. The van der Waals surface area contributed by atoms with E-state index in [0.717, 1.165) is 114 Å². The molecule has 0 spiro atoms. The SMILES string of the molecule is [C-]#[N+]c1c(-c2ccccc2)c(C#N)c(-n2c3ccc4oc5ccccc5c4c3c3ccc4c5ccccc5sc4c32)c(-c2ccccc2)c1-n1c2cccc3c4ccccc4c4nccc1c4c32. The van der Waals surface area contributed by atoms with Crippen LogP contribution in [0.5, 0.6) is 0 Å². The van der Waals surface area contributed by atoms with Crippen molar-refractivity contribution in [3.63, 3.8) is 0 Å². The lowest BCUT2D eigenvalue weighted by molar-refractivity contribution is 0.669. The first-order valence-electron chi connectivity index (χ1n) is 22.6. The van der Waals surface area contributed by atoms with Crippen LogP contribution in [-0.4, -0.2) is 14.1 Å². The number of thiophene rings is 1. The van der Waals surface area contributed by atoms with Crippen LogP contribution in [0.15, 0.2) is 193 Å². The molecule has 0 atom stereocenters. The van der Waals surface area contributed by atoms with Crippen LogP contribution in [-0.2, 0) is 0 Å². The Morgan fingerprint density at radius 1 is 0.500 bits per heavy atom. The third-order valence-corrected chi connectivity index (χ3v) is 15.4. The Labute approximate surface area is 391 Å². The second kappa shape index (κ2) is 13.6. The first kappa shape index (κ1) is 37.0. The van der Waals surface area contributed by atoms with E-state index >= 15 is 0 Å². The molecule has 0 aliphatic heterocycles. The lowest BCUT2D eigenvalue weighted by Crippen LogP contribution is -2.08. The van der Waals surface area contributed by atoms with Crippen molar-refractivity contribution in [2.24, 2.45) is 0 Å². The number of benzene rings is 10. The summed E-state index contributed by atoms with van der Waals surface area (Å²) in [4.78, 5) is 9.62. The Bertz CT molecular complexity index is 4660. The molecule has 0 aliphatic rings. The molecule has 6 nitrogen and oxygen atoms in total. The fourth-order valence-electron chi connectivity index (χ4n) is 11.5. The summed E-state index contributed by atoms with van der Waals surface area (Å²) in [5, 5.41) is 24.0. The van der Waals surface area contributed by atoms with Gasteiger partial charge in [-0.05, 0) is 58.3 Å². The van der Waals surface area contributed by atoms with Crippen molar-refractivity contribution in [1.29, 1.82) is 5.26 Å². The number of furan rings is 1. The molecule has 15 rings (SSSR count). The summed E-state index contributed by atoms with van der Waals surface area (Å²) in [5.74, 6) is 0. The second-order valence-electron chi connectivity index (χ2n) is 17.5. The third-order valence-electron chi connectivity index (χ3n) is 14.2. The lowest BCUT2D eigenvalue weighted by atomic mass is 9.88. The molecule has 0 amide bonds. The first-order valence-corrected chi connectivity index (χ1v) is 23.4. The minimum Gasteiger partial charge on any atom is -0.456 e. The van der Waals surface area contributed by atoms with Gasteiger partial charge in [-0.2, -0.15) is 5.26 Å². The maximum atomic E-state index is 12.1. The molecule has 5 aromatic heterocycles. The van der Waals surface area contributed by atoms with Gasteiger partial charge in [0.1, 0.15) is 17.2 Å². The predicted molar refractivity (Wildman–Crippen MR) is 281 cm³/mol. The highest BCUT2D eigenvalue weighted by Gasteiger charge is 2.33. The number of hydrogen-bond acceptors (Lipinski definition) is 4. The molecular formula is C61H31N5OS. The molecule has 0 N–H and O–H groups in total. The fourth-order valence-corrected chi connectivity index (χ4v) is 12.8. The summed E-state index contributed by atoms with van der Waals surface area (Å²) in [7, 11) is 0. The van der Waals surface area contributed by atoms with Crippen molar-refractivity contribution in [3.8, 4) is 39.7 Å². The summed E-state index contributed by atoms with van der Waals surface area (Å²) < 4.78 is 13.5. The van der Waals surface area contributed by atoms with E-state index in [1.54, 1.807) is 11.3 Å². The van der Waals surface area contributed by atoms with Crippen LogP contribution in [0.3, 0.4) is 0 Å². The van der Waals surface area contributed by atoms with Crippen LogP contribution in [0.4, 0.5) is 5.69 Å². The minimum absolute atomic E-state index is 0.394. The molecule has 68 heavy (non-hydrogen) atoms. The second-order valence-corrected chi connectivity index (χ2v) is 18.5. The molecule has 0 unspecified atom stereocenters. The zero-order chi connectivity index (χ0) is 44.8. The van der Waals surface area contributed by atoms with Gasteiger partial charge >= 0.3 is 0 Å². The number of nitrogens with zero attached hydrogens (tertiary/aromatic N) is 5. The van der Waals surface area contributed by atoms with Gasteiger partial charge in [0.15, 0.2) is 0 Å². The molecular weight excluding hydrogens is 851 g/mol. The zero-order valence-electron chi connectivity index (χ0n) is 36.0. The topological polar surface area (TPSA) is 64.0 Å². The van der Waals surface area contributed by atoms with Gasteiger partial charge in [-0.25, -0.2) is 4.85 Å². The van der Waals surface area contributed by atoms with E-state index in [0.29, 0.717) is 28.2 Å². The summed E-state index contributed by atoms with van der Waals surface area (Å²) >= 11 is 1.77. The number of fused-ring (bicyclic) bond motifs is 14. The van der Waals surface area contributed by atoms with Crippen molar-refractivity contribution < 1.29 is 4.42 Å². The average Bonchev–Trinajstić information content (AvgIpc) is 4.16. The molecule has 0 aliphatic carbocycles. The molecule has 0 saturated carbocycles. The van der Waals surface area contributed by atoms with Crippen molar-refractivity contribution >= 4 is 124 Å². The van der Waals surface area contributed by atoms with Gasteiger partial charge in [0.25, 0.3) is 0 Å². The van der Waals surface area contributed by atoms with E-state index in [9.17, 15) is 11.8 Å². The highest BCUT2D eigenvalue weighted by atomic mass is 32.1. The quantitative estimate of drug-likeness (QED) is 0.131. The number of aromatic nitrogens is 3. The molecule has 0 fully saturated rings. The molecule has 5 heterocycles. The monoisotopic (exact) mass is 881 g/mol. The Morgan fingerprint density at radius 3 is 1.94 bits per heavy atom. The predicted octanol–water partition coefficient (Wildman–Crippen LogP) is 17.0. The minimum atomic E-state index is 0.394.